The molecule has 0 bridgehead atoms. The summed E-state index contributed by atoms with van der Waals surface area (Å²) in [7, 11) is 1.61. The van der Waals surface area contributed by atoms with Gasteiger partial charge in [-0.15, -0.1) is 0 Å². The maximum Gasteiger partial charge on any atom is 0.223 e. The number of hydrogen-bond acceptors (Lipinski definition) is 4. The molecule has 19 heavy (non-hydrogen) atoms. The van der Waals surface area contributed by atoms with Gasteiger partial charge >= 0.3 is 0 Å². The molecule has 0 radical (unpaired) electrons. The highest BCUT2D eigenvalue weighted by atomic mass is 16.5. The lowest BCUT2D eigenvalue weighted by molar-refractivity contribution is -0.121. The number of oxime groups is 1. The fourth-order valence-corrected chi connectivity index (χ4v) is 2.28. The van der Waals surface area contributed by atoms with Gasteiger partial charge in [-0.3, -0.25) is 4.79 Å². The summed E-state index contributed by atoms with van der Waals surface area (Å²) in [5.41, 5.74) is 2.72. The molecular weight excluding hydrogens is 244 g/mol. The molecule has 1 aromatic rings. The second-order valence-corrected chi connectivity index (χ2v) is 4.45. The molecule has 0 saturated carbocycles. The molecule has 1 aromatic carbocycles. The van der Waals surface area contributed by atoms with Gasteiger partial charge in [-0.25, -0.2) is 0 Å². The Morgan fingerprint density at radius 3 is 3.05 bits per heavy atom. The van der Waals surface area contributed by atoms with Crippen molar-refractivity contribution < 1.29 is 14.7 Å². The van der Waals surface area contributed by atoms with Crippen LogP contribution < -0.4 is 10.1 Å². The molecule has 0 fully saturated rings. The molecule has 0 unspecified atom stereocenters. The smallest absolute Gasteiger partial charge is 0.223 e. The van der Waals surface area contributed by atoms with Crippen LogP contribution in [-0.2, 0) is 11.2 Å². The standard InChI is InChI=1S/C14H18N2O3/c1-15-14(17)8-9-19-13-7-3-4-10-11(13)5-2-6-12(10)16-18/h3-4,7,18H,2,5-6,8-9H2,1H3,(H,15,17). The van der Waals surface area contributed by atoms with Crippen molar-refractivity contribution in [2.24, 2.45) is 5.16 Å². The normalized spacial score (nSPS) is 15.9. The highest BCUT2D eigenvalue weighted by Gasteiger charge is 2.19. The first kappa shape index (κ1) is 13.4. The summed E-state index contributed by atoms with van der Waals surface area (Å²) in [6.07, 6.45) is 2.97. The Labute approximate surface area is 112 Å². The van der Waals surface area contributed by atoms with E-state index >= 15 is 0 Å². The third-order valence-corrected chi connectivity index (χ3v) is 3.27. The first-order chi connectivity index (χ1) is 9.26. The number of amides is 1. The topological polar surface area (TPSA) is 70.9 Å². The van der Waals surface area contributed by atoms with Crippen molar-refractivity contribution in [2.75, 3.05) is 13.7 Å². The number of nitrogens with zero attached hydrogens (tertiary/aromatic N) is 1. The van der Waals surface area contributed by atoms with Crippen molar-refractivity contribution in [1.82, 2.24) is 5.32 Å². The summed E-state index contributed by atoms with van der Waals surface area (Å²) in [5, 5.41) is 14.9. The largest absolute Gasteiger partial charge is 0.493 e. The molecule has 0 atom stereocenters. The lowest BCUT2D eigenvalue weighted by Crippen LogP contribution is -2.20. The maximum atomic E-state index is 11.1. The minimum atomic E-state index is -0.0394. The molecule has 0 spiro atoms. The first-order valence-electron chi connectivity index (χ1n) is 6.43. The Morgan fingerprint density at radius 2 is 2.32 bits per heavy atom. The van der Waals surface area contributed by atoms with E-state index in [1.807, 2.05) is 18.2 Å². The Balaban J connectivity index is 2.12. The monoisotopic (exact) mass is 262 g/mol. The van der Waals surface area contributed by atoms with Gasteiger partial charge in [0, 0.05) is 18.2 Å². The molecule has 1 aliphatic carbocycles. The van der Waals surface area contributed by atoms with Gasteiger partial charge in [-0.2, -0.15) is 0 Å². The van der Waals surface area contributed by atoms with Gasteiger partial charge in [0.05, 0.1) is 18.7 Å². The van der Waals surface area contributed by atoms with Crippen molar-refractivity contribution in [3.63, 3.8) is 0 Å². The zero-order valence-electron chi connectivity index (χ0n) is 11.0. The third kappa shape index (κ3) is 3.05. The van der Waals surface area contributed by atoms with E-state index in [2.05, 4.69) is 10.5 Å². The second kappa shape index (κ2) is 6.22. The first-order valence-corrected chi connectivity index (χ1v) is 6.43. The Kier molecular flexibility index (Phi) is 4.39. The number of ether oxygens (including phenoxy) is 1. The highest BCUT2D eigenvalue weighted by molar-refractivity contribution is 6.02. The van der Waals surface area contributed by atoms with E-state index in [0.29, 0.717) is 18.7 Å². The van der Waals surface area contributed by atoms with Crippen LogP contribution in [-0.4, -0.2) is 30.5 Å². The molecule has 1 amide bonds. The molecule has 0 aromatic heterocycles. The van der Waals surface area contributed by atoms with Gasteiger partial charge in [-0.1, -0.05) is 17.3 Å². The molecule has 0 aliphatic heterocycles. The molecule has 0 saturated heterocycles. The summed E-state index contributed by atoms with van der Waals surface area (Å²) in [6, 6.07) is 5.71. The SMILES string of the molecule is CNC(=O)CCOc1cccc2c1CCCC2=NO. The van der Waals surface area contributed by atoms with Crippen molar-refractivity contribution in [3.05, 3.63) is 29.3 Å². The molecule has 2 N–H and O–H groups in total. The van der Waals surface area contributed by atoms with E-state index in [-0.39, 0.29) is 5.91 Å². The van der Waals surface area contributed by atoms with E-state index in [9.17, 15) is 4.79 Å². The van der Waals surface area contributed by atoms with Crippen LogP contribution in [0.4, 0.5) is 0 Å². The van der Waals surface area contributed by atoms with Crippen molar-refractivity contribution in [2.45, 2.75) is 25.7 Å². The van der Waals surface area contributed by atoms with Crippen molar-refractivity contribution in [3.8, 4) is 5.75 Å². The van der Waals surface area contributed by atoms with Gasteiger partial charge in [0.25, 0.3) is 0 Å². The average molecular weight is 262 g/mol. The van der Waals surface area contributed by atoms with Crippen LogP contribution in [0.3, 0.4) is 0 Å². The predicted octanol–water partition coefficient (Wildman–Crippen LogP) is 1.72. The number of carbonyl (C=O) groups excluding carboxylic acids is 1. The summed E-state index contributed by atoms with van der Waals surface area (Å²) in [5.74, 6) is 0.740. The van der Waals surface area contributed by atoms with E-state index < -0.39 is 0 Å². The second-order valence-electron chi connectivity index (χ2n) is 4.45. The Hall–Kier alpha value is -2.04. The van der Waals surface area contributed by atoms with E-state index in [1.165, 1.54) is 0 Å². The third-order valence-electron chi connectivity index (χ3n) is 3.27. The molecule has 5 heteroatoms. The van der Waals surface area contributed by atoms with Gasteiger partial charge in [0.15, 0.2) is 0 Å². The highest BCUT2D eigenvalue weighted by Crippen LogP contribution is 2.30. The zero-order valence-corrected chi connectivity index (χ0v) is 11.0. The van der Waals surface area contributed by atoms with Crippen LogP contribution in [0, 0.1) is 0 Å². The number of benzene rings is 1. The molecule has 5 nitrogen and oxygen atoms in total. The van der Waals surface area contributed by atoms with Crippen LogP contribution in [0.5, 0.6) is 5.75 Å². The average Bonchev–Trinajstić information content (AvgIpc) is 2.46. The minimum Gasteiger partial charge on any atom is -0.493 e. The van der Waals surface area contributed by atoms with Crippen LogP contribution in [0.1, 0.15) is 30.4 Å². The molecule has 2 rings (SSSR count). The lowest BCUT2D eigenvalue weighted by Gasteiger charge is -2.20. The number of fused-ring (bicyclic) bond motifs is 1. The predicted molar refractivity (Wildman–Crippen MR) is 71.9 cm³/mol. The quantitative estimate of drug-likeness (QED) is 0.641. The van der Waals surface area contributed by atoms with Crippen molar-refractivity contribution in [1.29, 1.82) is 0 Å². The number of rotatable bonds is 4. The minimum absolute atomic E-state index is 0.0394. The summed E-state index contributed by atoms with van der Waals surface area (Å²) in [6.45, 7) is 0.349. The summed E-state index contributed by atoms with van der Waals surface area (Å²) < 4.78 is 5.67. The van der Waals surface area contributed by atoms with Gasteiger partial charge in [0.2, 0.25) is 5.91 Å². The van der Waals surface area contributed by atoms with Gasteiger partial charge in [0.1, 0.15) is 5.75 Å². The fourth-order valence-electron chi connectivity index (χ4n) is 2.28. The van der Waals surface area contributed by atoms with E-state index in [4.69, 9.17) is 9.94 Å². The lowest BCUT2D eigenvalue weighted by atomic mass is 9.89. The number of nitrogens with one attached hydrogen (secondary N) is 1. The van der Waals surface area contributed by atoms with E-state index in [0.717, 1.165) is 36.1 Å². The number of carbonyl (C=O) groups is 1. The summed E-state index contributed by atoms with van der Waals surface area (Å²) >= 11 is 0. The Morgan fingerprint density at radius 1 is 1.47 bits per heavy atom. The van der Waals surface area contributed by atoms with E-state index in [1.54, 1.807) is 7.05 Å². The fraction of sp³-hybridized carbons (Fsp3) is 0.429. The molecule has 1 aliphatic rings. The summed E-state index contributed by atoms with van der Waals surface area (Å²) in [4.78, 5) is 11.1. The van der Waals surface area contributed by atoms with Crippen LogP contribution >= 0.6 is 0 Å². The van der Waals surface area contributed by atoms with Crippen LogP contribution in [0.25, 0.3) is 0 Å². The molecule has 0 heterocycles. The van der Waals surface area contributed by atoms with Crippen molar-refractivity contribution >= 4 is 11.6 Å². The Bertz CT molecular complexity index is 497. The van der Waals surface area contributed by atoms with Gasteiger partial charge < -0.3 is 15.3 Å². The molecular formula is C14H18N2O3. The maximum absolute atomic E-state index is 11.1. The van der Waals surface area contributed by atoms with Crippen LogP contribution in [0.2, 0.25) is 0 Å². The van der Waals surface area contributed by atoms with Gasteiger partial charge in [-0.05, 0) is 25.3 Å². The number of hydrogen-bond donors (Lipinski definition) is 2. The molecule has 102 valence electrons. The van der Waals surface area contributed by atoms with Crippen LogP contribution in [0.15, 0.2) is 23.4 Å². The zero-order chi connectivity index (χ0) is 13.7.